The zero-order valence-electron chi connectivity index (χ0n) is 18.8. The molecule has 0 radical (unpaired) electrons. The van der Waals surface area contributed by atoms with Crippen LogP contribution in [0.5, 0.6) is 0 Å². The summed E-state index contributed by atoms with van der Waals surface area (Å²) in [5, 5.41) is 6.96. The molecule has 3 rings (SSSR count). The van der Waals surface area contributed by atoms with E-state index in [-0.39, 0.29) is 24.0 Å². The molecule has 0 aromatic carbocycles. The Morgan fingerprint density at radius 2 is 1.77 bits per heavy atom. The first-order valence-electron chi connectivity index (χ1n) is 11.5. The van der Waals surface area contributed by atoms with Crippen molar-refractivity contribution in [2.45, 2.75) is 52.4 Å². The molecule has 2 heterocycles. The van der Waals surface area contributed by atoms with Crippen LogP contribution in [-0.4, -0.2) is 73.2 Å². The summed E-state index contributed by atoms with van der Waals surface area (Å²) in [4.78, 5) is 18.5. The van der Waals surface area contributed by atoms with Gasteiger partial charge in [-0.1, -0.05) is 19.8 Å². The highest BCUT2D eigenvalue weighted by Crippen LogP contribution is 2.41. The molecule has 0 unspecified atom stereocenters. The van der Waals surface area contributed by atoms with Gasteiger partial charge in [-0.15, -0.1) is 24.0 Å². The van der Waals surface area contributed by atoms with Crippen molar-refractivity contribution in [1.29, 1.82) is 0 Å². The lowest BCUT2D eigenvalue weighted by Crippen LogP contribution is -2.47. The third kappa shape index (κ3) is 7.51. The minimum Gasteiger partial charge on any atom is -0.357 e. The van der Waals surface area contributed by atoms with Crippen LogP contribution in [0.1, 0.15) is 52.4 Å². The predicted octanol–water partition coefficient (Wildman–Crippen LogP) is 3.13. The quantitative estimate of drug-likeness (QED) is 0.222. The molecule has 0 amide bonds. The lowest BCUT2D eigenvalue weighted by atomic mass is 9.84. The van der Waals surface area contributed by atoms with Crippen molar-refractivity contribution in [3.8, 4) is 0 Å². The van der Waals surface area contributed by atoms with Gasteiger partial charge in [0.2, 0.25) is 5.95 Å². The number of hydrogen-bond acceptors (Lipinski definition) is 5. The topological polar surface area (TPSA) is 68.7 Å². The first-order valence-corrected chi connectivity index (χ1v) is 11.5. The second-order valence-corrected chi connectivity index (χ2v) is 8.41. The summed E-state index contributed by atoms with van der Waals surface area (Å²) in [6.07, 6.45) is 11.4. The highest BCUT2D eigenvalue weighted by Gasteiger charge is 2.31. The van der Waals surface area contributed by atoms with Crippen molar-refractivity contribution in [2.75, 3.05) is 57.3 Å². The minimum absolute atomic E-state index is 0. The van der Waals surface area contributed by atoms with E-state index in [1.54, 1.807) is 0 Å². The van der Waals surface area contributed by atoms with Gasteiger partial charge in [0.1, 0.15) is 0 Å². The Morgan fingerprint density at radius 1 is 1.07 bits per heavy atom. The van der Waals surface area contributed by atoms with Crippen LogP contribution in [0.3, 0.4) is 0 Å². The number of halogens is 1. The minimum atomic E-state index is 0. The number of anilines is 1. The van der Waals surface area contributed by atoms with Crippen LogP contribution in [0, 0.1) is 5.41 Å². The average Bonchev–Trinajstić information content (AvgIpc) is 3.25. The highest BCUT2D eigenvalue weighted by atomic mass is 127. The number of nitrogens with zero attached hydrogens (tertiary/aromatic N) is 5. The Hall–Kier alpha value is -1.16. The van der Waals surface area contributed by atoms with Crippen LogP contribution in [0.15, 0.2) is 23.5 Å². The SMILES string of the molecule is CCNC(=NCC1(CC)CCCC1)NCCCN1CCN(c2ncccn2)CC1.I. The molecule has 30 heavy (non-hydrogen) atoms. The summed E-state index contributed by atoms with van der Waals surface area (Å²) in [6, 6.07) is 1.87. The standard InChI is InChI=1S/C22H39N7.HI/c1-3-22(9-5-6-10-22)19-27-20(23-4-2)24-13-8-14-28-15-17-29(18-16-28)21-25-11-7-12-26-21;/h7,11-12H,3-6,8-10,13-19H2,1-2H3,(H2,23,24,27);1H. The van der Waals surface area contributed by atoms with E-state index in [0.29, 0.717) is 5.41 Å². The van der Waals surface area contributed by atoms with Gasteiger partial charge in [-0.3, -0.25) is 9.89 Å². The third-order valence-electron chi connectivity index (χ3n) is 6.48. The van der Waals surface area contributed by atoms with Crippen LogP contribution < -0.4 is 15.5 Å². The van der Waals surface area contributed by atoms with Crippen LogP contribution in [0.2, 0.25) is 0 Å². The smallest absolute Gasteiger partial charge is 0.225 e. The van der Waals surface area contributed by atoms with Crippen LogP contribution in [0.4, 0.5) is 5.95 Å². The van der Waals surface area contributed by atoms with E-state index in [1.165, 1.54) is 32.1 Å². The summed E-state index contributed by atoms with van der Waals surface area (Å²) < 4.78 is 0. The number of nitrogens with one attached hydrogen (secondary N) is 2. The maximum Gasteiger partial charge on any atom is 0.225 e. The molecule has 7 nitrogen and oxygen atoms in total. The average molecular weight is 530 g/mol. The summed E-state index contributed by atoms with van der Waals surface area (Å²) in [7, 11) is 0. The van der Waals surface area contributed by atoms with Crippen molar-refractivity contribution < 1.29 is 0 Å². The van der Waals surface area contributed by atoms with Gasteiger partial charge < -0.3 is 15.5 Å². The predicted molar refractivity (Wildman–Crippen MR) is 136 cm³/mol. The van der Waals surface area contributed by atoms with Gasteiger partial charge in [0.15, 0.2) is 5.96 Å². The van der Waals surface area contributed by atoms with Gasteiger partial charge in [0.05, 0.1) is 0 Å². The van der Waals surface area contributed by atoms with Crippen LogP contribution in [0.25, 0.3) is 0 Å². The van der Waals surface area contributed by atoms with Gasteiger partial charge in [-0.2, -0.15) is 0 Å². The van der Waals surface area contributed by atoms with Crippen molar-refractivity contribution in [3.05, 3.63) is 18.5 Å². The lowest BCUT2D eigenvalue weighted by molar-refractivity contribution is 0.254. The first-order chi connectivity index (χ1) is 14.2. The molecular formula is C22H40IN7. The number of aromatic nitrogens is 2. The zero-order valence-corrected chi connectivity index (χ0v) is 21.1. The molecule has 2 fully saturated rings. The molecule has 0 atom stereocenters. The number of piperazine rings is 1. The molecule has 1 aliphatic heterocycles. The van der Waals surface area contributed by atoms with E-state index in [4.69, 9.17) is 4.99 Å². The Balaban J connectivity index is 0.00000320. The fourth-order valence-electron chi connectivity index (χ4n) is 4.47. The highest BCUT2D eigenvalue weighted by molar-refractivity contribution is 14.0. The fourth-order valence-corrected chi connectivity index (χ4v) is 4.47. The molecule has 1 saturated heterocycles. The summed E-state index contributed by atoms with van der Waals surface area (Å²) in [6.45, 7) is 12.6. The van der Waals surface area contributed by atoms with E-state index in [9.17, 15) is 0 Å². The molecule has 0 bridgehead atoms. The molecule has 1 aromatic heterocycles. The Bertz CT molecular complexity index is 611. The molecule has 1 aliphatic carbocycles. The molecule has 1 saturated carbocycles. The second-order valence-electron chi connectivity index (χ2n) is 8.41. The maximum atomic E-state index is 4.93. The zero-order chi connectivity index (χ0) is 20.4. The fraction of sp³-hybridized carbons (Fsp3) is 0.773. The molecule has 1 aromatic rings. The Kier molecular flexibility index (Phi) is 11.1. The van der Waals surface area contributed by atoms with E-state index in [2.05, 4.69) is 44.2 Å². The van der Waals surface area contributed by atoms with E-state index < -0.39 is 0 Å². The molecule has 2 N–H and O–H groups in total. The molecule has 170 valence electrons. The van der Waals surface area contributed by atoms with E-state index >= 15 is 0 Å². The molecular weight excluding hydrogens is 489 g/mol. The van der Waals surface area contributed by atoms with Crippen LogP contribution in [-0.2, 0) is 0 Å². The number of guanidine groups is 1. The van der Waals surface area contributed by atoms with Crippen molar-refractivity contribution >= 4 is 35.9 Å². The second kappa shape index (κ2) is 13.3. The Labute approximate surface area is 199 Å². The normalized spacial score (nSPS) is 19.4. The Morgan fingerprint density at radius 3 is 2.40 bits per heavy atom. The third-order valence-corrected chi connectivity index (χ3v) is 6.48. The van der Waals surface area contributed by atoms with Gasteiger partial charge in [0.25, 0.3) is 0 Å². The van der Waals surface area contributed by atoms with E-state index in [1.807, 2.05) is 18.5 Å². The van der Waals surface area contributed by atoms with E-state index in [0.717, 1.165) is 70.7 Å². The van der Waals surface area contributed by atoms with Gasteiger partial charge >= 0.3 is 0 Å². The summed E-state index contributed by atoms with van der Waals surface area (Å²) in [5.74, 6) is 1.84. The lowest BCUT2D eigenvalue weighted by Gasteiger charge is -2.34. The van der Waals surface area contributed by atoms with Gasteiger partial charge in [-0.05, 0) is 50.6 Å². The summed E-state index contributed by atoms with van der Waals surface area (Å²) in [5.41, 5.74) is 0.449. The van der Waals surface area contributed by atoms with Crippen molar-refractivity contribution in [2.24, 2.45) is 10.4 Å². The maximum absolute atomic E-state index is 4.93. The number of rotatable bonds is 9. The van der Waals surface area contributed by atoms with Crippen molar-refractivity contribution in [1.82, 2.24) is 25.5 Å². The summed E-state index contributed by atoms with van der Waals surface area (Å²) >= 11 is 0. The van der Waals surface area contributed by atoms with Gasteiger partial charge in [-0.25, -0.2) is 9.97 Å². The number of hydrogen-bond donors (Lipinski definition) is 2. The monoisotopic (exact) mass is 529 g/mol. The molecule has 0 spiro atoms. The first kappa shape index (κ1) is 25.1. The van der Waals surface area contributed by atoms with Crippen molar-refractivity contribution in [3.63, 3.8) is 0 Å². The largest absolute Gasteiger partial charge is 0.357 e. The van der Waals surface area contributed by atoms with Crippen LogP contribution >= 0.6 is 24.0 Å². The molecule has 2 aliphatic rings. The number of aliphatic imine (C=N–C) groups is 1. The van der Waals surface area contributed by atoms with Gasteiger partial charge in [0, 0.05) is 58.2 Å². The molecule has 8 heteroatoms.